The first kappa shape index (κ1) is 25.0. The summed E-state index contributed by atoms with van der Waals surface area (Å²) in [7, 11) is 0. The Labute approximate surface area is 209 Å². The third-order valence-corrected chi connectivity index (χ3v) is 6.24. The summed E-state index contributed by atoms with van der Waals surface area (Å²) in [6.45, 7) is 3.79. The average molecular weight is 495 g/mol. The number of benzene rings is 2. The highest BCUT2D eigenvalue weighted by molar-refractivity contribution is 6.10. The molecule has 0 unspecified atom stereocenters. The summed E-state index contributed by atoms with van der Waals surface area (Å²) >= 11 is 0. The van der Waals surface area contributed by atoms with Gasteiger partial charge < -0.3 is 25.4 Å². The van der Waals surface area contributed by atoms with E-state index in [4.69, 9.17) is 9.47 Å². The molecule has 4 rings (SSSR count). The van der Waals surface area contributed by atoms with Crippen LogP contribution in [0, 0.1) is 0 Å². The van der Waals surface area contributed by atoms with Gasteiger partial charge in [0.05, 0.1) is 24.6 Å². The predicted molar refractivity (Wildman–Crippen MR) is 133 cm³/mol. The van der Waals surface area contributed by atoms with E-state index in [9.17, 15) is 19.2 Å². The minimum absolute atomic E-state index is 0.297. The average Bonchev–Trinajstić information content (AvgIpc) is 3.42. The van der Waals surface area contributed by atoms with E-state index in [0.29, 0.717) is 54.5 Å². The molecule has 1 saturated carbocycles. The van der Waals surface area contributed by atoms with Gasteiger partial charge in [-0.25, -0.2) is 4.79 Å². The molecule has 0 bridgehead atoms. The second-order valence-corrected chi connectivity index (χ2v) is 8.69. The molecular formula is C26H30N4O6. The maximum absolute atomic E-state index is 12.9. The molecule has 1 spiro atoms. The maximum atomic E-state index is 12.9. The minimum atomic E-state index is -0.880. The van der Waals surface area contributed by atoms with E-state index in [1.165, 1.54) is 0 Å². The molecule has 0 atom stereocenters. The van der Waals surface area contributed by atoms with Gasteiger partial charge in [0.15, 0.2) is 0 Å². The first-order valence-corrected chi connectivity index (χ1v) is 12.1. The van der Waals surface area contributed by atoms with Crippen LogP contribution in [0.3, 0.4) is 0 Å². The first-order valence-electron chi connectivity index (χ1n) is 12.1. The molecule has 2 aromatic carbocycles. The molecule has 1 aliphatic heterocycles. The van der Waals surface area contributed by atoms with Crippen LogP contribution in [-0.2, 0) is 9.59 Å². The largest absolute Gasteiger partial charge is 0.492 e. The van der Waals surface area contributed by atoms with Gasteiger partial charge in [0.2, 0.25) is 5.91 Å². The van der Waals surface area contributed by atoms with Crippen LogP contribution in [-0.4, -0.2) is 54.0 Å². The second-order valence-electron chi connectivity index (χ2n) is 8.69. The molecule has 0 radical (unpaired) electrons. The smallest absolute Gasteiger partial charge is 0.325 e. The number of hydrogen-bond donors (Lipinski definition) is 3. The summed E-state index contributed by atoms with van der Waals surface area (Å²) < 4.78 is 11.4. The number of imide groups is 1. The van der Waals surface area contributed by atoms with Crippen molar-refractivity contribution in [2.75, 3.05) is 30.4 Å². The van der Waals surface area contributed by atoms with Crippen LogP contribution < -0.4 is 25.4 Å². The van der Waals surface area contributed by atoms with E-state index >= 15 is 0 Å². The van der Waals surface area contributed by atoms with E-state index < -0.39 is 24.0 Å². The molecule has 3 N–H and O–H groups in total. The van der Waals surface area contributed by atoms with E-state index in [1.807, 2.05) is 6.07 Å². The Hall–Kier alpha value is -4.08. The molecule has 2 aliphatic rings. The zero-order valence-electron chi connectivity index (χ0n) is 20.4. The van der Waals surface area contributed by atoms with Crippen molar-refractivity contribution in [2.45, 2.75) is 45.1 Å². The highest BCUT2D eigenvalue weighted by Gasteiger charge is 2.52. The lowest BCUT2D eigenvalue weighted by Gasteiger charge is -2.20. The second kappa shape index (κ2) is 10.7. The first-order chi connectivity index (χ1) is 17.4. The number of nitrogens with zero attached hydrogens (tertiary/aromatic N) is 1. The molecule has 1 heterocycles. The fraction of sp³-hybridized carbons (Fsp3) is 0.385. The molecule has 5 amide bonds. The van der Waals surface area contributed by atoms with Crippen LogP contribution in [0.25, 0.3) is 0 Å². The van der Waals surface area contributed by atoms with Crippen LogP contribution in [0.2, 0.25) is 0 Å². The lowest BCUT2D eigenvalue weighted by molar-refractivity contribution is -0.133. The molecule has 0 aromatic heterocycles. The molecule has 10 heteroatoms. The van der Waals surface area contributed by atoms with Gasteiger partial charge in [0.1, 0.15) is 23.6 Å². The summed E-state index contributed by atoms with van der Waals surface area (Å²) in [6, 6.07) is 11.3. The Bertz CT molecular complexity index is 1160. The van der Waals surface area contributed by atoms with Crippen molar-refractivity contribution in [3.05, 3.63) is 48.0 Å². The number of urea groups is 1. The summed E-state index contributed by atoms with van der Waals surface area (Å²) in [4.78, 5) is 51.9. The number of carbonyl (C=O) groups excluding carboxylic acids is 4. The highest BCUT2D eigenvalue weighted by Crippen LogP contribution is 2.38. The summed E-state index contributed by atoms with van der Waals surface area (Å²) in [5.41, 5.74) is 0.271. The van der Waals surface area contributed by atoms with Crippen molar-refractivity contribution in [3.63, 3.8) is 0 Å². The van der Waals surface area contributed by atoms with E-state index in [2.05, 4.69) is 16.0 Å². The number of ether oxygens (including phenoxy) is 2. The molecule has 36 heavy (non-hydrogen) atoms. The third kappa shape index (κ3) is 5.12. The van der Waals surface area contributed by atoms with Gasteiger partial charge in [-0.1, -0.05) is 31.0 Å². The van der Waals surface area contributed by atoms with Crippen molar-refractivity contribution in [1.29, 1.82) is 0 Å². The van der Waals surface area contributed by atoms with Gasteiger partial charge in [-0.2, -0.15) is 0 Å². The van der Waals surface area contributed by atoms with Crippen molar-refractivity contribution >= 4 is 35.1 Å². The fourth-order valence-corrected chi connectivity index (χ4v) is 4.56. The standard InChI is InChI=1S/C26H30N4O6/c1-3-35-20-15-19(28-23(32)17-10-6-5-7-11-17)21(36-4-2)14-18(20)27-22(31)16-30-24(33)26(29-25(30)34)12-8-9-13-26/h5-7,10-11,14-15H,3-4,8-9,12-13,16H2,1-2H3,(H,27,31)(H,28,32)(H,29,34). The van der Waals surface area contributed by atoms with Crippen molar-refractivity contribution in [3.8, 4) is 11.5 Å². The van der Waals surface area contributed by atoms with Crippen LogP contribution >= 0.6 is 0 Å². The van der Waals surface area contributed by atoms with Crippen molar-refractivity contribution in [2.24, 2.45) is 0 Å². The van der Waals surface area contributed by atoms with E-state index in [0.717, 1.165) is 17.7 Å². The molecule has 1 saturated heterocycles. The quantitative estimate of drug-likeness (QED) is 0.458. The number of amides is 5. The maximum Gasteiger partial charge on any atom is 0.325 e. The van der Waals surface area contributed by atoms with E-state index in [-0.39, 0.29) is 11.8 Å². The summed E-state index contributed by atoms with van der Waals surface area (Å²) in [5, 5.41) is 8.32. The van der Waals surface area contributed by atoms with Crippen LogP contribution in [0.4, 0.5) is 16.2 Å². The Morgan fingerprint density at radius 2 is 1.53 bits per heavy atom. The Kier molecular flexibility index (Phi) is 7.42. The van der Waals surface area contributed by atoms with Gasteiger partial charge in [-0.3, -0.25) is 19.3 Å². The van der Waals surface area contributed by atoms with Crippen LogP contribution in [0.1, 0.15) is 49.9 Å². The number of nitrogens with one attached hydrogen (secondary N) is 3. The topological polar surface area (TPSA) is 126 Å². The number of hydrogen-bond acceptors (Lipinski definition) is 6. The molecular weight excluding hydrogens is 464 g/mol. The Morgan fingerprint density at radius 1 is 0.944 bits per heavy atom. The summed E-state index contributed by atoms with van der Waals surface area (Å²) in [6.07, 6.45) is 2.88. The molecule has 2 fully saturated rings. The predicted octanol–water partition coefficient (Wildman–Crippen LogP) is 3.54. The fourth-order valence-electron chi connectivity index (χ4n) is 4.56. The lowest BCUT2D eigenvalue weighted by atomic mass is 9.98. The number of rotatable bonds is 9. The minimum Gasteiger partial charge on any atom is -0.492 e. The van der Waals surface area contributed by atoms with Gasteiger partial charge in [-0.05, 0) is 38.8 Å². The number of anilines is 2. The molecule has 10 nitrogen and oxygen atoms in total. The van der Waals surface area contributed by atoms with Gasteiger partial charge in [0, 0.05) is 17.7 Å². The van der Waals surface area contributed by atoms with Crippen molar-refractivity contribution < 1.29 is 28.7 Å². The van der Waals surface area contributed by atoms with Gasteiger partial charge in [0.25, 0.3) is 11.8 Å². The molecule has 1 aliphatic carbocycles. The highest BCUT2D eigenvalue weighted by atomic mass is 16.5. The zero-order valence-corrected chi connectivity index (χ0v) is 20.4. The lowest BCUT2D eigenvalue weighted by Crippen LogP contribution is -2.44. The van der Waals surface area contributed by atoms with E-state index in [1.54, 1.807) is 50.2 Å². The SMILES string of the molecule is CCOc1cc(NC(=O)c2ccccc2)c(OCC)cc1NC(=O)CN1C(=O)NC2(CCCC2)C1=O. The summed E-state index contributed by atoms with van der Waals surface area (Å²) in [5.74, 6) is -0.602. The monoisotopic (exact) mass is 494 g/mol. The third-order valence-electron chi connectivity index (χ3n) is 6.24. The van der Waals surface area contributed by atoms with Crippen LogP contribution in [0.15, 0.2) is 42.5 Å². The normalized spacial score (nSPS) is 16.1. The van der Waals surface area contributed by atoms with Gasteiger partial charge >= 0.3 is 6.03 Å². The van der Waals surface area contributed by atoms with Crippen molar-refractivity contribution in [1.82, 2.24) is 10.2 Å². The van der Waals surface area contributed by atoms with Crippen LogP contribution in [0.5, 0.6) is 11.5 Å². The molecule has 2 aromatic rings. The van der Waals surface area contributed by atoms with Gasteiger partial charge in [-0.15, -0.1) is 0 Å². The Morgan fingerprint density at radius 3 is 2.11 bits per heavy atom. The zero-order chi connectivity index (χ0) is 25.7. The molecule has 190 valence electrons. The Balaban J connectivity index is 1.54. The number of carbonyl (C=O) groups is 4.